The minimum absolute atomic E-state index is 0.110. The number of phenols is 1. The molecule has 2 N–H and O–H groups in total. The molecule has 1 aliphatic rings. The fraction of sp³-hybridized carbons (Fsp3) is 0.304. The molecule has 0 radical (unpaired) electrons. The summed E-state index contributed by atoms with van der Waals surface area (Å²) in [4.78, 5) is 29.3. The fourth-order valence-electron chi connectivity index (χ4n) is 3.60. The van der Waals surface area contributed by atoms with Crippen molar-refractivity contribution >= 4 is 17.0 Å². The van der Waals surface area contributed by atoms with Gasteiger partial charge in [0.05, 0.1) is 11.1 Å². The van der Waals surface area contributed by atoms with E-state index < -0.39 is 5.60 Å². The Kier molecular flexibility index (Phi) is 4.78. The molecule has 1 aromatic carbocycles. The molecule has 0 unspecified atom stereocenters. The highest BCUT2D eigenvalue weighted by atomic mass is 16.5. The summed E-state index contributed by atoms with van der Waals surface area (Å²) in [7, 11) is 3.88. The minimum atomic E-state index is -0.546. The van der Waals surface area contributed by atoms with Crippen molar-refractivity contribution in [1.82, 2.24) is 9.88 Å². The van der Waals surface area contributed by atoms with Gasteiger partial charge in [-0.1, -0.05) is 0 Å². The van der Waals surface area contributed by atoms with Gasteiger partial charge in [0.25, 0.3) is 0 Å². The van der Waals surface area contributed by atoms with E-state index in [0.717, 1.165) is 0 Å². The molecule has 30 heavy (non-hydrogen) atoms. The lowest BCUT2D eigenvalue weighted by atomic mass is 9.94. The standard InChI is InChI=1S/C23H24N2O5/c1-23(2)9-7-15-21(30-23)14(8-10-25(3)4)19(27)18-20(28)16(12-29-22(15)18)13-5-6-17(26)24-11-13/h5-7,9,11-12,27H,8,10H2,1-4H3,(H,24,26). The maximum atomic E-state index is 13.4. The predicted octanol–water partition coefficient (Wildman–Crippen LogP) is 3.14. The molecule has 2 aromatic heterocycles. The molecule has 0 saturated heterocycles. The SMILES string of the molecule is CN(C)CCc1c2c(c3occ(-c4ccc(=O)[nH]c4)c(=O)c3c1O)C=CC(C)(C)O2. The molecule has 0 fully saturated rings. The summed E-state index contributed by atoms with van der Waals surface area (Å²) in [5.41, 5.74) is 1.08. The Bertz CT molecular complexity index is 1260. The number of nitrogens with one attached hydrogen (secondary N) is 1. The Morgan fingerprint density at radius 1 is 1.20 bits per heavy atom. The van der Waals surface area contributed by atoms with E-state index in [-0.39, 0.29) is 33.3 Å². The summed E-state index contributed by atoms with van der Waals surface area (Å²) in [5.74, 6) is 0.408. The first-order valence-corrected chi connectivity index (χ1v) is 9.73. The van der Waals surface area contributed by atoms with Crippen molar-refractivity contribution in [3.63, 3.8) is 0 Å². The number of aromatic nitrogens is 1. The first kappa shape index (κ1) is 20.0. The van der Waals surface area contributed by atoms with Gasteiger partial charge in [-0.25, -0.2) is 0 Å². The van der Waals surface area contributed by atoms with Crippen LogP contribution in [0.15, 0.2) is 44.7 Å². The number of pyridine rings is 1. The van der Waals surface area contributed by atoms with Gasteiger partial charge < -0.3 is 24.1 Å². The number of aromatic amines is 1. The van der Waals surface area contributed by atoms with E-state index >= 15 is 0 Å². The molecular weight excluding hydrogens is 384 g/mol. The van der Waals surface area contributed by atoms with Crippen LogP contribution in [-0.2, 0) is 6.42 Å². The number of hydrogen-bond donors (Lipinski definition) is 2. The van der Waals surface area contributed by atoms with Gasteiger partial charge >= 0.3 is 0 Å². The summed E-state index contributed by atoms with van der Waals surface area (Å²) in [6, 6.07) is 2.89. The van der Waals surface area contributed by atoms with Gasteiger partial charge in [-0.15, -0.1) is 0 Å². The number of fused-ring (bicyclic) bond motifs is 3. The van der Waals surface area contributed by atoms with Crippen LogP contribution in [0.3, 0.4) is 0 Å². The topological polar surface area (TPSA) is 95.8 Å². The lowest BCUT2D eigenvalue weighted by molar-refractivity contribution is 0.156. The summed E-state index contributed by atoms with van der Waals surface area (Å²) < 4.78 is 12.0. The molecule has 7 heteroatoms. The van der Waals surface area contributed by atoms with Crippen LogP contribution in [0.2, 0.25) is 0 Å². The summed E-state index contributed by atoms with van der Waals surface area (Å²) in [6.45, 7) is 4.53. The smallest absolute Gasteiger partial charge is 0.247 e. The maximum absolute atomic E-state index is 13.4. The number of likely N-dealkylation sites (N-methyl/N-ethyl adjacent to an activating group) is 1. The Labute approximate surface area is 173 Å². The van der Waals surface area contributed by atoms with Gasteiger partial charge in [-0.2, -0.15) is 0 Å². The lowest BCUT2D eigenvalue weighted by Gasteiger charge is -2.30. The molecule has 0 spiro atoms. The van der Waals surface area contributed by atoms with E-state index in [9.17, 15) is 14.7 Å². The quantitative estimate of drug-likeness (QED) is 0.689. The van der Waals surface area contributed by atoms with Crippen LogP contribution in [0.4, 0.5) is 0 Å². The first-order chi connectivity index (χ1) is 14.2. The minimum Gasteiger partial charge on any atom is -0.507 e. The summed E-state index contributed by atoms with van der Waals surface area (Å²) in [5, 5.41) is 11.3. The molecular formula is C23H24N2O5. The third-order valence-corrected chi connectivity index (χ3v) is 5.20. The maximum Gasteiger partial charge on any atom is 0.247 e. The highest BCUT2D eigenvalue weighted by Gasteiger charge is 2.30. The van der Waals surface area contributed by atoms with Crippen LogP contribution in [0.1, 0.15) is 25.0 Å². The van der Waals surface area contributed by atoms with E-state index in [2.05, 4.69) is 4.98 Å². The predicted molar refractivity (Wildman–Crippen MR) is 116 cm³/mol. The zero-order valence-electron chi connectivity index (χ0n) is 17.4. The van der Waals surface area contributed by atoms with Crippen molar-refractivity contribution in [1.29, 1.82) is 0 Å². The summed E-state index contributed by atoms with van der Waals surface area (Å²) >= 11 is 0. The van der Waals surface area contributed by atoms with Crippen LogP contribution in [0.5, 0.6) is 11.5 Å². The van der Waals surface area contributed by atoms with Crippen LogP contribution < -0.4 is 15.7 Å². The molecule has 156 valence electrons. The number of phenolic OH excluding ortho intramolecular Hbond substituents is 1. The number of aromatic hydroxyl groups is 1. The van der Waals surface area contributed by atoms with Crippen molar-refractivity contribution in [3.05, 3.63) is 62.4 Å². The van der Waals surface area contributed by atoms with Crippen molar-refractivity contribution in [2.75, 3.05) is 20.6 Å². The van der Waals surface area contributed by atoms with E-state index in [1.165, 1.54) is 18.5 Å². The molecule has 0 aliphatic carbocycles. The average Bonchev–Trinajstić information content (AvgIpc) is 2.67. The zero-order chi connectivity index (χ0) is 21.6. The lowest BCUT2D eigenvalue weighted by Crippen LogP contribution is -2.29. The molecule has 3 heterocycles. The van der Waals surface area contributed by atoms with Gasteiger partial charge in [0, 0.05) is 29.9 Å². The largest absolute Gasteiger partial charge is 0.507 e. The third-order valence-electron chi connectivity index (χ3n) is 5.20. The number of rotatable bonds is 4. The van der Waals surface area contributed by atoms with Crippen LogP contribution >= 0.6 is 0 Å². The number of H-pyrrole nitrogens is 1. The van der Waals surface area contributed by atoms with E-state index in [1.54, 1.807) is 6.07 Å². The molecule has 0 bridgehead atoms. The van der Waals surface area contributed by atoms with Crippen molar-refractivity contribution in [2.24, 2.45) is 0 Å². The first-order valence-electron chi connectivity index (χ1n) is 9.73. The highest BCUT2D eigenvalue weighted by molar-refractivity contribution is 5.97. The second-order valence-corrected chi connectivity index (χ2v) is 8.29. The molecule has 4 rings (SSSR count). The van der Waals surface area contributed by atoms with Crippen LogP contribution in [0, 0.1) is 0 Å². The zero-order valence-corrected chi connectivity index (χ0v) is 17.4. The van der Waals surface area contributed by atoms with Crippen molar-refractivity contribution < 1.29 is 14.3 Å². The van der Waals surface area contributed by atoms with E-state index in [0.29, 0.717) is 35.4 Å². The Balaban J connectivity index is 2.02. The van der Waals surface area contributed by atoms with Gasteiger partial charge in [0.2, 0.25) is 11.0 Å². The second kappa shape index (κ2) is 7.18. The normalized spacial score (nSPS) is 14.7. The second-order valence-electron chi connectivity index (χ2n) is 8.29. The van der Waals surface area contributed by atoms with Gasteiger partial charge in [0.1, 0.15) is 28.7 Å². The van der Waals surface area contributed by atoms with E-state index in [1.807, 2.05) is 45.0 Å². The summed E-state index contributed by atoms with van der Waals surface area (Å²) in [6.07, 6.45) is 7.09. The number of nitrogens with zero attached hydrogens (tertiary/aromatic N) is 1. The Morgan fingerprint density at radius 2 is 1.97 bits per heavy atom. The molecule has 0 atom stereocenters. The highest BCUT2D eigenvalue weighted by Crippen LogP contribution is 2.44. The molecule has 3 aromatic rings. The Hall–Kier alpha value is -3.32. The third kappa shape index (κ3) is 3.41. The molecule has 1 aliphatic heterocycles. The van der Waals surface area contributed by atoms with Crippen molar-refractivity contribution in [2.45, 2.75) is 25.9 Å². The monoisotopic (exact) mass is 408 g/mol. The molecule has 0 saturated carbocycles. The van der Waals surface area contributed by atoms with E-state index in [4.69, 9.17) is 9.15 Å². The van der Waals surface area contributed by atoms with Gasteiger partial charge in [-0.3, -0.25) is 9.59 Å². The number of hydrogen-bond acceptors (Lipinski definition) is 6. The van der Waals surface area contributed by atoms with Gasteiger partial charge in [0.15, 0.2) is 5.58 Å². The average molecular weight is 408 g/mol. The van der Waals surface area contributed by atoms with Gasteiger partial charge in [-0.05, 0) is 52.6 Å². The van der Waals surface area contributed by atoms with Crippen molar-refractivity contribution in [3.8, 4) is 22.6 Å². The molecule has 0 amide bonds. The molecule has 7 nitrogen and oxygen atoms in total. The van der Waals surface area contributed by atoms with Crippen LogP contribution in [0.25, 0.3) is 28.2 Å². The van der Waals surface area contributed by atoms with Crippen LogP contribution in [-0.4, -0.2) is 41.2 Å². The number of benzene rings is 1. The number of ether oxygens (including phenoxy) is 1. The fourth-order valence-corrected chi connectivity index (χ4v) is 3.60. The Morgan fingerprint density at radius 3 is 2.63 bits per heavy atom.